The maximum absolute atomic E-state index is 11.1. The summed E-state index contributed by atoms with van der Waals surface area (Å²) in [5.41, 5.74) is 0.207. The van der Waals surface area contributed by atoms with E-state index in [1.807, 2.05) is 5.32 Å². The Hall–Kier alpha value is -2.38. The number of hydrogen-bond donors (Lipinski definition) is 3. The standard InChI is InChI=1S/C13H9Cl2NO6/c1-5(17)21-11-9(18)10(22-12(11)16-13(19)20)6-3-2-4-7(14)8(6)15/h2-4,16,18H,1H3,(H,19,20). The van der Waals surface area contributed by atoms with Gasteiger partial charge >= 0.3 is 12.1 Å². The first kappa shape index (κ1) is 16.0. The second-order valence-corrected chi connectivity index (χ2v) is 4.85. The Morgan fingerprint density at radius 1 is 1.32 bits per heavy atom. The van der Waals surface area contributed by atoms with Gasteiger partial charge in [0.2, 0.25) is 11.5 Å². The average molecular weight is 346 g/mol. The second-order valence-electron chi connectivity index (χ2n) is 4.06. The normalized spacial score (nSPS) is 10.3. The number of amides is 1. The van der Waals surface area contributed by atoms with E-state index in [9.17, 15) is 14.7 Å². The molecule has 0 radical (unpaired) electrons. The average Bonchev–Trinajstić information content (AvgIpc) is 2.70. The molecular formula is C13H9Cl2NO6. The monoisotopic (exact) mass is 345 g/mol. The number of halogens is 2. The van der Waals surface area contributed by atoms with Crippen LogP contribution < -0.4 is 10.1 Å². The van der Waals surface area contributed by atoms with Crippen molar-refractivity contribution in [2.24, 2.45) is 0 Å². The van der Waals surface area contributed by atoms with Gasteiger partial charge in [0.25, 0.3) is 5.88 Å². The van der Waals surface area contributed by atoms with Gasteiger partial charge in [-0.2, -0.15) is 0 Å². The first-order valence-corrected chi connectivity index (χ1v) is 6.55. The van der Waals surface area contributed by atoms with Gasteiger partial charge in [-0.1, -0.05) is 29.3 Å². The summed E-state index contributed by atoms with van der Waals surface area (Å²) in [7, 11) is 0. The zero-order valence-corrected chi connectivity index (χ0v) is 12.5. The van der Waals surface area contributed by atoms with Crippen molar-refractivity contribution in [3.63, 3.8) is 0 Å². The van der Waals surface area contributed by atoms with Crippen molar-refractivity contribution in [1.82, 2.24) is 0 Å². The van der Waals surface area contributed by atoms with Crippen molar-refractivity contribution in [3.05, 3.63) is 28.2 Å². The molecule has 0 unspecified atom stereocenters. The maximum atomic E-state index is 11.1. The minimum Gasteiger partial charge on any atom is -0.502 e. The largest absolute Gasteiger partial charge is 0.502 e. The van der Waals surface area contributed by atoms with Crippen LogP contribution in [0.3, 0.4) is 0 Å². The van der Waals surface area contributed by atoms with E-state index < -0.39 is 29.4 Å². The summed E-state index contributed by atoms with van der Waals surface area (Å²) in [6.07, 6.45) is -1.47. The lowest BCUT2D eigenvalue weighted by molar-refractivity contribution is -0.132. The number of anilines is 1. The predicted octanol–water partition coefficient (Wildman–Crippen LogP) is 3.97. The lowest BCUT2D eigenvalue weighted by Gasteiger charge is -2.03. The lowest BCUT2D eigenvalue weighted by atomic mass is 10.1. The number of carbonyl (C=O) groups is 2. The first-order valence-electron chi connectivity index (χ1n) is 5.79. The molecule has 0 bridgehead atoms. The number of benzene rings is 1. The smallest absolute Gasteiger partial charge is 0.411 e. The predicted molar refractivity (Wildman–Crippen MR) is 78.8 cm³/mol. The van der Waals surface area contributed by atoms with Crippen molar-refractivity contribution >= 4 is 41.1 Å². The maximum Gasteiger partial charge on any atom is 0.411 e. The molecule has 2 aromatic rings. The minimum atomic E-state index is -1.47. The lowest BCUT2D eigenvalue weighted by Crippen LogP contribution is -2.09. The van der Waals surface area contributed by atoms with Crippen LogP contribution in [0.15, 0.2) is 22.6 Å². The fourth-order valence-electron chi connectivity index (χ4n) is 1.69. The summed E-state index contributed by atoms with van der Waals surface area (Å²) >= 11 is 11.9. The van der Waals surface area contributed by atoms with Crippen molar-refractivity contribution in [3.8, 4) is 22.8 Å². The van der Waals surface area contributed by atoms with Crippen molar-refractivity contribution in [2.75, 3.05) is 5.32 Å². The van der Waals surface area contributed by atoms with Gasteiger partial charge in [0, 0.05) is 12.5 Å². The fourth-order valence-corrected chi connectivity index (χ4v) is 2.07. The molecule has 1 aromatic carbocycles. The molecule has 0 atom stereocenters. The molecule has 7 nitrogen and oxygen atoms in total. The number of aromatic hydroxyl groups is 1. The van der Waals surface area contributed by atoms with Gasteiger partial charge in [-0.15, -0.1) is 0 Å². The van der Waals surface area contributed by atoms with E-state index in [0.29, 0.717) is 0 Å². The van der Waals surface area contributed by atoms with Gasteiger partial charge in [-0.05, 0) is 12.1 Å². The van der Waals surface area contributed by atoms with Crippen LogP contribution in [-0.4, -0.2) is 22.3 Å². The third-order valence-corrected chi connectivity index (χ3v) is 3.32. The fraction of sp³-hybridized carbons (Fsp3) is 0.0769. The van der Waals surface area contributed by atoms with Crippen LogP contribution >= 0.6 is 23.2 Å². The topological polar surface area (TPSA) is 109 Å². The van der Waals surface area contributed by atoms with E-state index in [2.05, 4.69) is 0 Å². The summed E-state index contributed by atoms with van der Waals surface area (Å²) in [5.74, 6) is -2.45. The number of hydrogen-bond acceptors (Lipinski definition) is 5. The zero-order valence-electron chi connectivity index (χ0n) is 11.0. The molecule has 9 heteroatoms. The van der Waals surface area contributed by atoms with Crippen LogP contribution in [0.5, 0.6) is 11.5 Å². The highest BCUT2D eigenvalue weighted by atomic mass is 35.5. The quantitative estimate of drug-likeness (QED) is 0.726. The van der Waals surface area contributed by atoms with E-state index in [1.165, 1.54) is 12.1 Å². The van der Waals surface area contributed by atoms with Gasteiger partial charge < -0.3 is 19.4 Å². The molecule has 0 saturated carbocycles. The first-order chi connectivity index (χ1) is 10.3. The van der Waals surface area contributed by atoms with Crippen LogP contribution in [-0.2, 0) is 4.79 Å². The van der Waals surface area contributed by atoms with Gasteiger partial charge in [0.1, 0.15) is 0 Å². The second kappa shape index (κ2) is 6.17. The molecule has 1 aromatic heterocycles. The number of carbonyl (C=O) groups excluding carboxylic acids is 1. The van der Waals surface area contributed by atoms with E-state index in [4.69, 9.17) is 37.5 Å². The van der Waals surface area contributed by atoms with Crippen LogP contribution in [0.1, 0.15) is 6.92 Å². The van der Waals surface area contributed by atoms with Crippen LogP contribution in [0.25, 0.3) is 11.3 Å². The molecule has 0 aliphatic rings. The Morgan fingerprint density at radius 3 is 2.59 bits per heavy atom. The van der Waals surface area contributed by atoms with Gasteiger partial charge in [-0.25, -0.2) is 4.79 Å². The Labute approximate surface area is 134 Å². The molecular weight excluding hydrogens is 337 g/mol. The number of nitrogens with one attached hydrogen (secondary N) is 1. The highest BCUT2D eigenvalue weighted by Gasteiger charge is 2.27. The minimum absolute atomic E-state index is 0.0875. The molecule has 1 amide bonds. The highest BCUT2D eigenvalue weighted by molar-refractivity contribution is 6.43. The van der Waals surface area contributed by atoms with Crippen molar-refractivity contribution in [2.45, 2.75) is 6.92 Å². The molecule has 0 aliphatic heterocycles. The van der Waals surface area contributed by atoms with Crippen molar-refractivity contribution < 1.29 is 29.0 Å². The Bertz CT molecular complexity index is 755. The molecule has 3 N–H and O–H groups in total. The molecule has 0 aliphatic carbocycles. The third-order valence-electron chi connectivity index (χ3n) is 2.50. The molecule has 116 valence electrons. The van der Waals surface area contributed by atoms with Gasteiger partial charge in [-0.3, -0.25) is 10.1 Å². The third kappa shape index (κ3) is 3.10. The van der Waals surface area contributed by atoms with Crippen LogP contribution in [0.2, 0.25) is 10.0 Å². The highest BCUT2D eigenvalue weighted by Crippen LogP contribution is 2.48. The summed E-state index contributed by atoms with van der Waals surface area (Å²) in [5, 5.41) is 21.1. The molecule has 0 fully saturated rings. The SMILES string of the molecule is CC(=O)Oc1c(NC(=O)O)oc(-c2cccc(Cl)c2Cl)c1O. The van der Waals surface area contributed by atoms with E-state index in [-0.39, 0.29) is 21.4 Å². The molecule has 0 spiro atoms. The summed E-state index contributed by atoms with van der Waals surface area (Å²) < 4.78 is 9.98. The number of esters is 1. The Morgan fingerprint density at radius 2 is 2.00 bits per heavy atom. The number of ether oxygens (including phenoxy) is 1. The van der Waals surface area contributed by atoms with Crippen LogP contribution in [0, 0.1) is 0 Å². The molecule has 22 heavy (non-hydrogen) atoms. The van der Waals surface area contributed by atoms with Gasteiger partial charge in [0.05, 0.1) is 10.0 Å². The van der Waals surface area contributed by atoms with E-state index in [1.54, 1.807) is 6.07 Å². The zero-order chi connectivity index (χ0) is 16.4. The Kier molecular flexibility index (Phi) is 4.48. The van der Waals surface area contributed by atoms with Crippen molar-refractivity contribution in [1.29, 1.82) is 0 Å². The van der Waals surface area contributed by atoms with E-state index in [0.717, 1.165) is 6.92 Å². The number of rotatable bonds is 3. The van der Waals surface area contributed by atoms with E-state index >= 15 is 0 Å². The van der Waals surface area contributed by atoms with Gasteiger partial charge in [0.15, 0.2) is 5.76 Å². The number of carboxylic acid groups (broad SMARTS) is 1. The molecule has 0 saturated heterocycles. The summed E-state index contributed by atoms with van der Waals surface area (Å²) in [6, 6.07) is 4.58. The Balaban J connectivity index is 2.62. The summed E-state index contributed by atoms with van der Waals surface area (Å²) in [6.45, 7) is 1.09. The molecule has 1 heterocycles. The molecule has 2 rings (SSSR count). The number of furan rings is 1. The summed E-state index contributed by atoms with van der Waals surface area (Å²) in [4.78, 5) is 21.8. The van der Waals surface area contributed by atoms with Crippen LogP contribution in [0.4, 0.5) is 10.7 Å².